The van der Waals surface area contributed by atoms with Crippen molar-refractivity contribution in [2.75, 3.05) is 0 Å². The molecule has 0 aliphatic heterocycles. The second kappa shape index (κ2) is 6.99. The van der Waals surface area contributed by atoms with Gasteiger partial charge in [-0.3, -0.25) is 14.4 Å². The predicted molar refractivity (Wildman–Crippen MR) is 53.4 cm³/mol. The summed E-state index contributed by atoms with van der Waals surface area (Å²) >= 11 is 0. The second-order valence-corrected chi connectivity index (χ2v) is 2.67. The Morgan fingerprint density at radius 1 is 1.06 bits per heavy atom. The lowest BCUT2D eigenvalue weighted by Gasteiger charge is -1.88. The van der Waals surface area contributed by atoms with Crippen LogP contribution in [0.3, 0.4) is 0 Å². The largest absolute Gasteiger partial charge is 0.508 e. The normalized spacial score (nSPS) is 8.50. The number of carbonyl (C=O) groups excluding carboxylic acids is 1. The first-order valence-electron chi connectivity index (χ1n) is 4.13. The summed E-state index contributed by atoms with van der Waals surface area (Å²) in [5.41, 5.74) is 0.577. The molecule has 0 aliphatic rings. The Kier molecular flexibility index (Phi) is 5.96. The lowest BCUT2D eigenvalue weighted by atomic mass is 10.2. The number of aromatic hydroxyl groups is 1. The van der Waals surface area contributed by atoms with E-state index < -0.39 is 18.4 Å². The van der Waals surface area contributed by atoms with Crippen LogP contribution < -0.4 is 0 Å². The molecule has 0 fully saturated rings. The Balaban J connectivity index is 0.000000293. The zero-order chi connectivity index (χ0) is 12.6. The Labute approximate surface area is 90.8 Å². The number of aliphatic carboxylic acids is 2. The molecule has 0 aliphatic carbocycles. The molecule has 0 saturated carbocycles. The first-order valence-corrected chi connectivity index (χ1v) is 4.13. The molecule has 0 atom stereocenters. The lowest BCUT2D eigenvalue weighted by molar-refractivity contribution is -0.147. The zero-order valence-electron chi connectivity index (χ0n) is 8.16. The second-order valence-electron chi connectivity index (χ2n) is 2.67. The molecule has 0 amide bonds. The van der Waals surface area contributed by atoms with E-state index in [1.807, 2.05) is 0 Å². The van der Waals surface area contributed by atoms with E-state index in [2.05, 4.69) is 0 Å². The molecule has 6 nitrogen and oxygen atoms in total. The molecule has 1 rings (SSSR count). The van der Waals surface area contributed by atoms with Gasteiger partial charge >= 0.3 is 11.9 Å². The van der Waals surface area contributed by atoms with Crippen molar-refractivity contribution in [3.63, 3.8) is 0 Å². The first-order chi connectivity index (χ1) is 7.45. The number of hydrogen-bond donors (Lipinski definition) is 3. The Morgan fingerprint density at radius 2 is 1.50 bits per heavy atom. The van der Waals surface area contributed by atoms with Crippen molar-refractivity contribution in [2.24, 2.45) is 0 Å². The SMILES string of the molecule is O=C(O)CC(=O)O.O=Cc1ccc(O)cc1. The third-order valence-corrected chi connectivity index (χ3v) is 1.33. The van der Waals surface area contributed by atoms with Crippen LogP contribution in [0.5, 0.6) is 5.75 Å². The quantitative estimate of drug-likeness (QED) is 0.518. The topological polar surface area (TPSA) is 112 Å². The fraction of sp³-hybridized carbons (Fsp3) is 0.100. The number of hydrogen-bond acceptors (Lipinski definition) is 4. The molecule has 6 heteroatoms. The number of rotatable bonds is 3. The van der Waals surface area contributed by atoms with Crippen molar-refractivity contribution in [1.82, 2.24) is 0 Å². The summed E-state index contributed by atoms with van der Waals surface area (Å²) < 4.78 is 0. The maximum Gasteiger partial charge on any atom is 0.314 e. The monoisotopic (exact) mass is 226 g/mol. The van der Waals surface area contributed by atoms with Gasteiger partial charge in [0.05, 0.1) is 0 Å². The summed E-state index contributed by atoms with van der Waals surface area (Å²) in [4.78, 5) is 28.9. The van der Waals surface area contributed by atoms with Crippen LogP contribution in [0.4, 0.5) is 0 Å². The van der Waals surface area contributed by atoms with E-state index in [-0.39, 0.29) is 5.75 Å². The molecule has 0 spiro atoms. The van der Waals surface area contributed by atoms with E-state index in [1.165, 1.54) is 12.1 Å². The molecule has 86 valence electrons. The smallest absolute Gasteiger partial charge is 0.314 e. The molecule has 0 unspecified atom stereocenters. The number of carboxylic acids is 2. The summed E-state index contributed by atoms with van der Waals surface area (Å²) in [6, 6.07) is 6.07. The van der Waals surface area contributed by atoms with Gasteiger partial charge in [0, 0.05) is 5.56 Å². The third kappa shape index (κ3) is 7.07. The molecule has 3 N–H and O–H groups in total. The van der Waals surface area contributed by atoms with Gasteiger partial charge in [-0.2, -0.15) is 0 Å². The van der Waals surface area contributed by atoms with Gasteiger partial charge in [0.25, 0.3) is 0 Å². The van der Waals surface area contributed by atoms with E-state index in [0.717, 1.165) is 6.29 Å². The average molecular weight is 226 g/mol. The third-order valence-electron chi connectivity index (χ3n) is 1.33. The van der Waals surface area contributed by atoms with Crippen LogP contribution >= 0.6 is 0 Å². The molecule has 0 aromatic heterocycles. The van der Waals surface area contributed by atoms with Gasteiger partial charge in [-0.25, -0.2) is 0 Å². The van der Waals surface area contributed by atoms with E-state index in [1.54, 1.807) is 12.1 Å². The van der Waals surface area contributed by atoms with Crippen molar-refractivity contribution in [3.8, 4) is 5.75 Å². The van der Waals surface area contributed by atoms with Gasteiger partial charge in [0.1, 0.15) is 18.5 Å². The number of aldehydes is 1. The average Bonchev–Trinajstić information content (AvgIpc) is 2.17. The zero-order valence-corrected chi connectivity index (χ0v) is 8.16. The predicted octanol–water partition coefficient (Wildman–Crippen LogP) is 0.750. The molecule has 1 aromatic rings. The highest BCUT2D eigenvalue weighted by atomic mass is 16.4. The number of phenols is 1. The summed E-state index contributed by atoms with van der Waals surface area (Å²) in [7, 11) is 0. The van der Waals surface area contributed by atoms with Crippen molar-refractivity contribution in [1.29, 1.82) is 0 Å². The number of carboxylic acid groups (broad SMARTS) is 2. The molecular weight excluding hydrogens is 216 g/mol. The van der Waals surface area contributed by atoms with Gasteiger partial charge in [-0.15, -0.1) is 0 Å². The van der Waals surface area contributed by atoms with Crippen LogP contribution in [0.1, 0.15) is 16.8 Å². The standard InChI is InChI=1S/C7H6O2.C3H4O4/c8-5-6-1-3-7(9)4-2-6;4-2(5)1-3(6)7/h1-5,9H;1H2,(H,4,5)(H,6,7). The minimum absolute atomic E-state index is 0.181. The number of benzene rings is 1. The Bertz CT molecular complexity index is 355. The molecule has 16 heavy (non-hydrogen) atoms. The highest BCUT2D eigenvalue weighted by Gasteiger charge is 2.01. The van der Waals surface area contributed by atoms with Crippen molar-refractivity contribution in [2.45, 2.75) is 6.42 Å². The van der Waals surface area contributed by atoms with E-state index >= 15 is 0 Å². The van der Waals surface area contributed by atoms with Gasteiger partial charge < -0.3 is 15.3 Å². The minimum atomic E-state index is -1.31. The molecule has 0 radical (unpaired) electrons. The molecule has 1 aromatic carbocycles. The maximum atomic E-state index is 10.0. The summed E-state index contributed by atoms with van der Waals surface area (Å²) in [6.45, 7) is 0. The van der Waals surface area contributed by atoms with Crippen LogP contribution in [0.15, 0.2) is 24.3 Å². The van der Waals surface area contributed by atoms with Gasteiger partial charge in [-0.1, -0.05) is 0 Å². The highest BCUT2D eigenvalue weighted by molar-refractivity contribution is 5.88. The van der Waals surface area contributed by atoms with Gasteiger partial charge in [0.2, 0.25) is 0 Å². The number of phenolic OH excluding ortho intramolecular Hbond substituents is 1. The minimum Gasteiger partial charge on any atom is -0.508 e. The lowest BCUT2D eigenvalue weighted by Crippen LogP contribution is -2.03. The summed E-state index contributed by atoms with van der Waals surface area (Å²) in [5.74, 6) is -2.44. The fourth-order valence-electron chi connectivity index (χ4n) is 0.682. The van der Waals surface area contributed by atoms with Crippen LogP contribution in [0.2, 0.25) is 0 Å². The molecule has 0 saturated heterocycles. The van der Waals surface area contributed by atoms with Crippen molar-refractivity contribution >= 4 is 18.2 Å². The molecule has 0 bridgehead atoms. The van der Waals surface area contributed by atoms with Crippen molar-refractivity contribution in [3.05, 3.63) is 29.8 Å². The van der Waals surface area contributed by atoms with Crippen molar-refractivity contribution < 1.29 is 29.7 Å². The van der Waals surface area contributed by atoms with Crippen LogP contribution in [-0.2, 0) is 9.59 Å². The summed E-state index contributed by atoms with van der Waals surface area (Å²) in [6.07, 6.45) is -0.0700. The van der Waals surface area contributed by atoms with E-state index in [0.29, 0.717) is 5.56 Å². The van der Waals surface area contributed by atoms with Gasteiger partial charge in [0.15, 0.2) is 0 Å². The Hall–Kier alpha value is -2.37. The fourth-order valence-corrected chi connectivity index (χ4v) is 0.682. The van der Waals surface area contributed by atoms with Gasteiger partial charge in [-0.05, 0) is 24.3 Å². The summed E-state index contributed by atoms with van der Waals surface area (Å²) in [5, 5.41) is 24.1. The Morgan fingerprint density at radius 3 is 1.75 bits per heavy atom. The van der Waals surface area contributed by atoms with E-state index in [9.17, 15) is 14.4 Å². The maximum absolute atomic E-state index is 10.0. The molecule has 0 heterocycles. The number of carbonyl (C=O) groups is 3. The van der Waals surface area contributed by atoms with E-state index in [4.69, 9.17) is 15.3 Å². The van der Waals surface area contributed by atoms with Crippen LogP contribution in [0.25, 0.3) is 0 Å². The molecular formula is C10H10O6. The highest BCUT2D eigenvalue weighted by Crippen LogP contribution is 2.07. The first kappa shape index (κ1) is 13.6. The van der Waals surface area contributed by atoms with Crippen LogP contribution in [-0.4, -0.2) is 33.5 Å². The van der Waals surface area contributed by atoms with Crippen LogP contribution in [0, 0.1) is 0 Å².